The number of halogens is 1. The van der Waals surface area contributed by atoms with Crippen LogP contribution in [0.25, 0.3) is 0 Å². The van der Waals surface area contributed by atoms with Gasteiger partial charge in [0.15, 0.2) is 0 Å². The van der Waals surface area contributed by atoms with Crippen LogP contribution in [0.2, 0.25) is 0 Å². The summed E-state index contributed by atoms with van der Waals surface area (Å²) >= 11 is 0. The topological polar surface area (TPSA) is 49.4 Å². The summed E-state index contributed by atoms with van der Waals surface area (Å²) in [4.78, 5) is 0. The van der Waals surface area contributed by atoms with Crippen LogP contribution >= 0.6 is 0 Å². The molecule has 2 fully saturated rings. The summed E-state index contributed by atoms with van der Waals surface area (Å²) in [7, 11) is -3.04. The van der Waals surface area contributed by atoms with Gasteiger partial charge in [-0.1, -0.05) is 18.2 Å². The maximum absolute atomic E-state index is 13.7. The zero-order chi connectivity index (χ0) is 16.4. The summed E-state index contributed by atoms with van der Waals surface area (Å²) in [5, 5.41) is 3.40. The van der Waals surface area contributed by atoms with Crippen molar-refractivity contribution in [2.45, 2.75) is 56.4 Å². The van der Waals surface area contributed by atoms with Gasteiger partial charge in [-0.25, -0.2) is 17.1 Å². The van der Waals surface area contributed by atoms with Gasteiger partial charge >= 0.3 is 0 Å². The average Bonchev–Trinajstić information content (AvgIpc) is 3.35. The van der Waals surface area contributed by atoms with E-state index in [1.807, 2.05) is 12.1 Å². The Bertz CT molecular complexity index is 638. The molecule has 1 atom stereocenters. The molecule has 1 aromatic rings. The van der Waals surface area contributed by atoms with Crippen molar-refractivity contribution in [2.24, 2.45) is 0 Å². The Balaban J connectivity index is 1.48. The van der Waals surface area contributed by atoms with Gasteiger partial charge in [0.05, 0.1) is 5.25 Å². The number of hydrogen-bond acceptors (Lipinski definition) is 3. The number of benzene rings is 1. The number of nitrogens with zero attached hydrogens (tertiary/aromatic N) is 1. The Kier molecular flexibility index (Phi) is 5.04. The highest BCUT2D eigenvalue weighted by Gasteiger charge is 2.41. The van der Waals surface area contributed by atoms with Crippen LogP contribution in [0, 0.1) is 5.82 Å². The summed E-state index contributed by atoms with van der Waals surface area (Å²) in [6, 6.07) is 7.34. The lowest BCUT2D eigenvalue weighted by Crippen LogP contribution is -2.48. The molecule has 1 heterocycles. The molecule has 3 rings (SSSR count). The third-order valence-electron chi connectivity index (χ3n) is 4.76. The normalized spacial score (nSPS) is 22.2. The molecule has 0 radical (unpaired) electrons. The molecule has 2 aliphatic rings. The quantitative estimate of drug-likeness (QED) is 0.864. The number of sulfonamides is 1. The van der Waals surface area contributed by atoms with E-state index in [1.54, 1.807) is 10.4 Å². The van der Waals surface area contributed by atoms with E-state index < -0.39 is 10.0 Å². The van der Waals surface area contributed by atoms with Crippen LogP contribution in [0.3, 0.4) is 0 Å². The molecule has 128 valence electrons. The van der Waals surface area contributed by atoms with Crippen molar-refractivity contribution >= 4 is 10.0 Å². The first-order chi connectivity index (χ1) is 11.0. The molecule has 1 saturated carbocycles. The minimum atomic E-state index is -3.04. The summed E-state index contributed by atoms with van der Waals surface area (Å²) in [6.45, 7) is 3.26. The van der Waals surface area contributed by atoms with E-state index in [1.165, 1.54) is 6.07 Å². The molecule has 1 aromatic carbocycles. The highest BCUT2D eigenvalue weighted by Crippen LogP contribution is 2.32. The second kappa shape index (κ2) is 6.87. The maximum atomic E-state index is 13.7. The fourth-order valence-electron chi connectivity index (χ4n) is 3.31. The smallest absolute Gasteiger partial charge is 0.216 e. The van der Waals surface area contributed by atoms with Gasteiger partial charge < -0.3 is 5.32 Å². The molecule has 0 bridgehead atoms. The van der Waals surface area contributed by atoms with E-state index >= 15 is 0 Å². The van der Waals surface area contributed by atoms with Gasteiger partial charge in [-0.3, -0.25) is 0 Å². The van der Waals surface area contributed by atoms with E-state index in [0.29, 0.717) is 25.6 Å². The first-order valence-electron chi connectivity index (χ1n) is 8.45. The molecular weight excluding hydrogens is 315 g/mol. The van der Waals surface area contributed by atoms with Gasteiger partial charge in [0.25, 0.3) is 0 Å². The minimum Gasteiger partial charge on any atom is -0.311 e. The Morgan fingerprint density at radius 2 is 1.87 bits per heavy atom. The third-order valence-corrected chi connectivity index (χ3v) is 7.16. The summed E-state index contributed by atoms with van der Waals surface area (Å²) < 4.78 is 39.8. The van der Waals surface area contributed by atoms with E-state index in [9.17, 15) is 12.8 Å². The predicted molar refractivity (Wildman–Crippen MR) is 89.2 cm³/mol. The van der Waals surface area contributed by atoms with Gasteiger partial charge in [-0.2, -0.15) is 0 Å². The van der Waals surface area contributed by atoms with Crippen LogP contribution in [0.5, 0.6) is 0 Å². The van der Waals surface area contributed by atoms with Crippen LogP contribution < -0.4 is 5.32 Å². The second-order valence-electron chi connectivity index (χ2n) is 6.78. The van der Waals surface area contributed by atoms with E-state index in [0.717, 1.165) is 31.2 Å². The monoisotopic (exact) mass is 340 g/mol. The molecule has 1 aliphatic carbocycles. The van der Waals surface area contributed by atoms with Gasteiger partial charge in [0.2, 0.25) is 10.0 Å². The molecule has 6 heteroatoms. The Labute approximate surface area is 138 Å². The van der Waals surface area contributed by atoms with E-state index in [4.69, 9.17) is 0 Å². The number of hydrogen-bond donors (Lipinski definition) is 1. The Morgan fingerprint density at radius 1 is 1.22 bits per heavy atom. The van der Waals surface area contributed by atoms with Crippen molar-refractivity contribution in [1.82, 2.24) is 9.62 Å². The minimum absolute atomic E-state index is 0.119. The van der Waals surface area contributed by atoms with E-state index in [2.05, 4.69) is 12.2 Å². The van der Waals surface area contributed by atoms with Gasteiger partial charge in [0.1, 0.15) is 5.82 Å². The summed E-state index contributed by atoms with van der Waals surface area (Å²) in [5.41, 5.74) is 0.723. The lowest BCUT2D eigenvalue weighted by atomic mass is 10.0. The Hall–Kier alpha value is -0.980. The molecule has 4 nitrogen and oxygen atoms in total. The molecule has 0 amide bonds. The summed E-state index contributed by atoms with van der Waals surface area (Å²) in [5.74, 6) is -0.161. The molecule has 23 heavy (non-hydrogen) atoms. The van der Waals surface area contributed by atoms with Crippen molar-refractivity contribution in [3.63, 3.8) is 0 Å². The van der Waals surface area contributed by atoms with Crippen molar-refractivity contribution in [3.05, 3.63) is 35.6 Å². The summed E-state index contributed by atoms with van der Waals surface area (Å²) in [6.07, 6.45) is 3.94. The van der Waals surface area contributed by atoms with Crippen LogP contribution in [0.1, 0.15) is 38.2 Å². The number of piperidine rings is 1. The number of rotatable bonds is 6. The molecule has 0 spiro atoms. The zero-order valence-electron chi connectivity index (χ0n) is 13.5. The fourth-order valence-corrected chi connectivity index (χ4v) is 5.18. The third kappa shape index (κ3) is 4.11. The van der Waals surface area contributed by atoms with Crippen LogP contribution in [-0.2, 0) is 16.4 Å². The molecule has 1 saturated heterocycles. The molecule has 0 aromatic heterocycles. The first-order valence-corrected chi connectivity index (χ1v) is 9.95. The van der Waals surface area contributed by atoms with Crippen molar-refractivity contribution in [2.75, 3.05) is 13.1 Å². The largest absolute Gasteiger partial charge is 0.311 e. The zero-order valence-corrected chi connectivity index (χ0v) is 14.4. The highest BCUT2D eigenvalue weighted by molar-refractivity contribution is 7.90. The molecular formula is C17H25FN2O2S. The number of nitrogens with one attached hydrogen (secondary N) is 1. The van der Waals surface area contributed by atoms with Crippen LogP contribution in [-0.4, -0.2) is 43.1 Å². The fraction of sp³-hybridized carbons (Fsp3) is 0.647. The lowest BCUT2D eigenvalue weighted by molar-refractivity contribution is 0.275. The highest BCUT2D eigenvalue weighted by atomic mass is 32.2. The maximum Gasteiger partial charge on any atom is 0.216 e. The van der Waals surface area contributed by atoms with E-state index in [-0.39, 0.29) is 17.1 Å². The molecule has 1 unspecified atom stereocenters. The van der Waals surface area contributed by atoms with Crippen LogP contribution in [0.15, 0.2) is 24.3 Å². The standard InChI is InChI=1S/C17H25FN2O2S/c1-13(12-14-4-2-3-5-17(14)18)19-15-8-10-20(11-9-15)23(21,22)16-6-7-16/h2-5,13,15-16,19H,6-12H2,1H3. The molecule has 1 N–H and O–H groups in total. The second-order valence-corrected chi connectivity index (χ2v) is 8.99. The predicted octanol–water partition coefficient (Wildman–Crippen LogP) is 2.30. The average molecular weight is 340 g/mol. The molecule has 1 aliphatic heterocycles. The lowest BCUT2D eigenvalue weighted by Gasteiger charge is -2.33. The van der Waals surface area contributed by atoms with Gasteiger partial charge in [-0.15, -0.1) is 0 Å². The van der Waals surface area contributed by atoms with Crippen molar-refractivity contribution < 1.29 is 12.8 Å². The SMILES string of the molecule is CC(Cc1ccccc1F)NC1CCN(S(=O)(=O)C2CC2)CC1. The Morgan fingerprint density at radius 3 is 2.48 bits per heavy atom. The van der Waals surface area contributed by atoms with Gasteiger partial charge in [0, 0.05) is 25.2 Å². The van der Waals surface area contributed by atoms with Gasteiger partial charge in [-0.05, 0) is 50.7 Å². The first kappa shape index (κ1) is 16.9. The van der Waals surface area contributed by atoms with Crippen molar-refractivity contribution in [3.8, 4) is 0 Å². The van der Waals surface area contributed by atoms with Crippen LogP contribution in [0.4, 0.5) is 4.39 Å². The van der Waals surface area contributed by atoms with Crippen molar-refractivity contribution in [1.29, 1.82) is 0 Å².